The van der Waals surface area contributed by atoms with Gasteiger partial charge in [-0.2, -0.15) is 0 Å². The van der Waals surface area contributed by atoms with Crippen LogP contribution in [-0.2, 0) is 11.2 Å². The zero-order chi connectivity index (χ0) is 13.0. The second-order valence-corrected chi connectivity index (χ2v) is 3.90. The van der Waals surface area contributed by atoms with E-state index in [4.69, 9.17) is 9.52 Å². The van der Waals surface area contributed by atoms with Crippen molar-refractivity contribution in [1.82, 2.24) is 9.88 Å². The van der Waals surface area contributed by atoms with Crippen molar-refractivity contribution in [3.8, 4) is 0 Å². The van der Waals surface area contributed by atoms with Crippen LogP contribution in [0.1, 0.15) is 30.1 Å². The number of hydrogen-bond acceptors (Lipinski definition) is 4. The number of aromatic nitrogens is 1. The molecule has 1 aromatic rings. The zero-order valence-corrected chi connectivity index (χ0v) is 10.1. The largest absolute Gasteiger partial charge is 0.481 e. The maximum atomic E-state index is 12.0. The Bertz CT molecular complexity index is 413. The van der Waals surface area contributed by atoms with Crippen molar-refractivity contribution in [3.63, 3.8) is 0 Å². The molecule has 0 bridgehead atoms. The molecule has 0 radical (unpaired) electrons. The Hall–Kier alpha value is -1.85. The summed E-state index contributed by atoms with van der Waals surface area (Å²) in [5.74, 6) is -1.34. The molecule has 1 unspecified atom stereocenters. The minimum absolute atomic E-state index is 0.143. The van der Waals surface area contributed by atoms with Crippen molar-refractivity contribution in [2.75, 3.05) is 13.6 Å². The summed E-state index contributed by atoms with van der Waals surface area (Å²) in [5, 5.41) is 8.77. The molecule has 1 heterocycles. The average molecular weight is 240 g/mol. The van der Waals surface area contributed by atoms with Crippen LogP contribution in [0.5, 0.6) is 0 Å². The third kappa shape index (κ3) is 3.05. The van der Waals surface area contributed by atoms with E-state index in [0.29, 0.717) is 12.2 Å². The van der Waals surface area contributed by atoms with Crippen molar-refractivity contribution in [2.45, 2.75) is 20.3 Å². The number of oxazole rings is 1. The Kier molecular flexibility index (Phi) is 4.25. The Labute approximate surface area is 99.2 Å². The number of aryl methyl sites for hydroxylation is 1. The second kappa shape index (κ2) is 5.47. The maximum Gasteiger partial charge on any atom is 0.308 e. The van der Waals surface area contributed by atoms with Gasteiger partial charge in [0.15, 0.2) is 12.1 Å². The van der Waals surface area contributed by atoms with Gasteiger partial charge in [0, 0.05) is 20.0 Å². The van der Waals surface area contributed by atoms with Gasteiger partial charge in [-0.3, -0.25) is 9.59 Å². The minimum atomic E-state index is -0.930. The topological polar surface area (TPSA) is 83.6 Å². The molecular formula is C11H16N2O4. The molecule has 94 valence electrons. The molecule has 1 amide bonds. The lowest BCUT2D eigenvalue weighted by Crippen LogP contribution is -2.34. The average Bonchev–Trinajstić information content (AvgIpc) is 2.75. The Morgan fingerprint density at radius 3 is 2.76 bits per heavy atom. The first-order valence-electron chi connectivity index (χ1n) is 5.38. The molecule has 6 nitrogen and oxygen atoms in total. The van der Waals surface area contributed by atoms with Gasteiger partial charge in [-0.25, -0.2) is 4.98 Å². The number of amides is 1. The fourth-order valence-corrected chi connectivity index (χ4v) is 1.45. The van der Waals surface area contributed by atoms with Crippen LogP contribution in [0.2, 0.25) is 0 Å². The summed E-state index contributed by atoms with van der Waals surface area (Å²) in [7, 11) is 1.55. The monoisotopic (exact) mass is 240 g/mol. The van der Waals surface area contributed by atoms with Crippen molar-refractivity contribution >= 4 is 11.9 Å². The molecule has 17 heavy (non-hydrogen) atoms. The SMILES string of the molecule is CCc1ocnc1C(=O)N(C)CC(C)C(=O)O. The molecule has 1 atom stereocenters. The van der Waals surface area contributed by atoms with E-state index in [-0.39, 0.29) is 18.1 Å². The number of carboxylic acid groups (broad SMARTS) is 1. The molecular weight excluding hydrogens is 224 g/mol. The van der Waals surface area contributed by atoms with E-state index in [9.17, 15) is 9.59 Å². The van der Waals surface area contributed by atoms with E-state index in [1.165, 1.54) is 11.3 Å². The summed E-state index contributed by atoms with van der Waals surface area (Å²) in [6.45, 7) is 3.55. The van der Waals surface area contributed by atoms with E-state index in [0.717, 1.165) is 0 Å². The van der Waals surface area contributed by atoms with Gasteiger partial charge < -0.3 is 14.4 Å². The Morgan fingerprint density at radius 2 is 2.24 bits per heavy atom. The second-order valence-electron chi connectivity index (χ2n) is 3.90. The summed E-state index contributed by atoms with van der Waals surface area (Å²) in [6.07, 6.45) is 1.80. The lowest BCUT2D eigenvalue weighted by Gasteiger charge is -2.18. The van der Waals surface area contributed by atoms with Crippen molar-refractivity contribution in [3.05, 3.63) is 17.8 Å². The quantitative estimate of drug-likeness (QED) is 0.831. The van der Waals surface area contributed by atoms with Crippen molar-refractivity contribution < 1.29 is 19.1 Å². The fourth-order valence-electron chi connectivity index (χ4n) is 1.45. The standard InChI is InChI=1S/C11H16N2O4/c1-4-8-9(12-6-17-8)10(14)13(3)5-7(2)11(15)16/h6-7H,4-5H2,1-3H3,(H,15,16). The molecule has 1 aromatic heterocycles. The summed E-state index contributed by atoms with van der Waals surface area (Å²) < 4.78 is 5.06. The van der Waals surface area contributed by atoms with Gasteiger partial charge in [0.2, 0.25) is 0 Å². The number of carboxylic acids is 1. The highest BCUT2D eigenvalue weighted by molar-refractivity contribution is 5.93. The van der Waals surface area contributed by atoms with Crippen LogP contribution in [0.25, 0.3) is 0 Å². The van der Waals surface area contributed by atoms with Gasteiger partial charge in [-0.05, 0) is 0 Å². The molecule has 0 saturated heterocycles. The van der Waals surface area contributed by atoms with Crippen LogP contribution in [0.4, 0.5) is 0 Å². The molecule has 0 aromatic carbocycles. The third-order valence-corrected chi connectivity index (χ3v) is 2.48. The molecule has 0 aliphatic rings. The van der Waals surface area contributed by atoms with Crippen LogP contribution < -0.4 is 0 Å². The number of aliphatic carboxylic acids is 1. The number of carbonyl (C=O) groups excluding carboxylic acids is 1. The van der Waals surface area contributed by atoms with Gasteiger partial charge in [0.1, 0.15) is 5.76 Å². The summed E-state index contributed by atoms with van der Waals surface area (Å²) in [5.41, 5.74) is 0.257. The molecule has 0 spiro atoms. The Balaban J connectivity index is 2.73. The molecule has 0 aliphatic carbocycles. The zero-order valence-electron chi connectivity index (χ0n) is 10.1. The lowest BCUT2D eigenvalue weighted by atomic mass is 10.1. The lowest BCUT2D eigenvalue weighted by molar-refractivity contribution is -0.141. The molecule has 0 aliphatic heterocycles. The molecule has 1 N–H and O–H groups in total. The molecule has 0 saturated carbocycles. The van der Waals surface area contributed by atoms with E-state index in [2.05, 4.69) is 4.98 Å². The smallest absolute Gasteiger partial charge is 0.308 e. The van der Waals surface area contributed by atoms with Crippen LogP contribution >= 0.6 is 0 Å². The first-order chi connectivity index (χ1) is 7.97. The van der Waals surface area contributed by atoms with E-state index < -0.39 is 11.9 Å². The number of hydrogen-bond donors (Lipinski definition) is 1. The highest BCUT2D eigenvalue weighted by atomic mass is 16.4. The summed E-state index contributed by atoms with van der Waals surface area (Å²) in [4.78, 5) is 27.8. The Morgan fingerprint density at radius 1 is 1.59 bits per heavy atom. The highest BCUT2D eigenvalue weighted by Crippen LogP contribution is 2.11. The summed E-state index contributed by atoms with van der Waals surface area (Å²) in [6, 6.07) is 0. The fraction of sp³-hybridized carbons (Fsp3) is 0.545. The van der Waals surface area contributed by atoms with Gasteiger partial charge in [0.25, 0.3) is 5.91 Å². The van der Waals surface area contributed by atoms with E-state index >= 15 is 0 Å². The van der Waals surface area contributed by atoms with Gasteiger partial charge >= 0.3 is 5.97 Å². The van der Waals surface area contributed by atoms with E-state index in [1.807, 2.05) is 6.92 Å². The van der Waals surface area contributed by atoms with Crippen LogP contribution in [0.15, 0.2) is 10.8 Å². The third-order valence-electron chi connectivity index (χ3n) is 2.48. The number of rotatable bonds is 5. The summed E-state index contributed by atoms with van der Waals surface area (Å²) >= 11 is 0. The number of carbonyl (C=O) groups is 2. The normalized spacial score (nSPS) is 12.2. The number of nitrogens with zero attached hydrogens (tertiary/aromatic N) is 2. The minimum Gasteiger partial charge on any atom is -0.481 e. The molecule has 1 rings (SSSR count). The van der Waals surface area contributed by atoms with E-state index in [1.54, 1.807) is 14.0 Å². The molecule has 6 heteroatoms. The first kappa shape index (κ1) is 13.2. The maximum absolute atomic E-state index is 12.0. The first-order valence-corrected chi connectivity index (χ1v) is 5.38. The predicted molar refractivity (Wildman–Crippen MR) is 59.6 cm³/mol. The molecule has 0 fully saturated rings. The van der Waals surface area contributed by atoms with Crippen LogP contribution in [0, 0.1) is 5.92 Å². The van der Waals surface area contributed by atoms with Crippen LogP contribution in [0.3, 0.4) is 0 Å². The van der Waals surface area contributed by atoms with Crippen molar-refractivity contribution in [2.24, 2.45) is 5.92 Å². The van der Waals surface area contributed by atoms with Gasteiger partial charge in [-0.15, -0.1) is 0 Å². The van der Waals surface area contributed by atoms with Gasteiger partial charge in [-0.1, -0.05) is 13.8 Å². The van der Waals surface area contributed by atoms with Crippen molar-refractivity contribution in [1.29, 1.82) is 0 Å². The predicted octanol–water partition coefficient (Wildman–Crippen LogP) is 1.03. The van der Waals surface area contributed by atoms with Crippen LogP contribution in [-0.4, -0.2) is 40.5 Å². The highest BCUT2D eigenvalue weighted by Gasteiger charge is 2.22. The van der Waals surface area contributed by atoms with Gasteiger partial charge in [0.05, 0.1) is 5.92 Å².